The van der Waals surface area contributed by atoms with Crippen molar-refractivity contribution < 1.29 is 19.0 Å². The van der Waals surface area contributed by atoms with Crippen LogP contribution in [-0.4, -0.2) is 49.8 Å². The van der Waals surface area contributed by atoms with Crippen molar-refractivity contribution in [3.8, 4) is 11.8 Å². The van der Waals surface area contributed by atoms with Crippen molar-refractivity contribution in [2.75, 3.05) is 33.9 Å². The van der Waals surface area contributed by atoms with Crippen molar-refractivity contribution in [1.82, 2.24) is 4.90 Å². The summed E-state index contributed by atoms with van der Waals surface area (Å²) in [6.07, 6.45) is 1.04. The number of aliphatic hydroxyl groups is 1. The van der Waals surface area contributed by atoms with Gasteiger partial charge < -0.3 is 14.7 Å². The van der Waals surface area contributed by atoms with Crippen LogP contribution in [0.15, 0.2) is 18.2 Å². The van der Waals surface area contributed by atoms with Crippen LogP contribution in [0.2, 0.25) is 0 Å². The molecule has 0 saturated carbocycles. The van der Waals surface area contributed by atoms with Gasteiger partial charge in [-0.25, -0.2) is 4.39 Å². The molecule has 5 heteroatoms. The number of carbonyl (C=O) groups excluding carboxylic acids is 1. The van der Waals surface area contributed by atoms with Crippen molar-refractivity contribution in [2.24, 2.45) is 0 Å². The second-order valence-electron chi connectivity index (χ2n) is 4.54. The standard InChI is InChI=1S/C16H20FNO3/c1-18(9-5-11-21-2)16(20)14-12-13(6-3-4-10-19)7-8-15(14)17/h7-8,12,19H,4-5,9-11H2,1-2H3. The topological polar surface area (TPSA) is 49.8 Å². The quantitative estimate of drug-likeness (QED) is 0.641. The zero-order chi connectivity index (χ0) is 15.7. The number of rotatable bonds is 6. The Kier molecular flexibility index (Phi) is 7.44. The molecule has 0 fully saturated rings. The maximum absolute atomic E-state index is 13.8. The zero-order valence-corrected chi connectivity index (χ0v) is 12.4. The monoisotopic (exact) mass is 293 g/mol. The Balaban J connectivity index is 2.83. The van der Waals surface area contributed by atoms with E-state index in [2.05, 4.69) is 11.8 Å². The summed E-state index contributed by atoms with van der Waals surface area (Å²) < 4.78 is 18.7. The third-order valence-corrected chi connectivity index (χ3v) is 2.85. The van der Waals surface area contributed by atoms with Gasteiger partial charge in [0.25, 0.3) is 5.91 Å². The van der Waals surface area contributed by atoms with Crippen LogP contribution in [0.3, 0.4) is 0 Å². The molecule has 1 rings (SSSR count). The second-order valence-corrected chi connectivity index (χ2v) is 4.54. The first kappa shape index (κ1) is 17.2. The number of carbonyl (C=O) groups is 1. The molecular weight excluding hydrogens is 273 g/mol. The SMILES string of the molecule is COCCCN(C)C(=O)c1cc(C#CCCO)ccc1F. The van der Waals surface area contributed by atoms with E-state index in [0.29, 0.717) is 31.6 Å². The maximum atomic E-state index is 13.8. The molecule has 1 aromatic carbocycles. The van der Waals surface area contributed by atoms with Gasteiger partial charge in [0.1, 0.15) is 5.82 Å². The largest absolute Gasteiger partial charge is 0.395 e. The molecule has 0 aromatic heterocycles. The highest BCUT2D eigenvalue weighted by Gasteiger charge is 2.16. The Morgan fingerprint density at radius 3 is 2.90 bits per heavy atom. The normalized spacial score (nSPS) is 9.90. The van der Waals surface area contributed by atoms with Gasteiger partial charge in [-0.3, -0.25) is 4.79 Å². The van der Waals surface area contributed by atoms with Gasteiger partial charge in [-0.2, -0.15) is 0 Å². The lowest BCUT2D eigenvalue weighted by Crippen LogP contribution is -2.29. The minimum Gasteiger partial charge on any atom is -0.395 e. The summed E-state index contributed by atoms with van der Waals surface area (Å²) in [5.41, 5.74) is 0.559. The van der Waals surface area contributed by atoms with Crippen LogP contribution in [0, 0.1) is 17.7 Å². The van der Waals surface area contributed by atoms with Crippen molar-refractivity contribution in [1.29, 1.82) is 0 Å². The summed E-state index contributed by atoms with van der Waals surface area (Å²) in [7, 11) is 3.22. The number of hydrogen-bond donors (Lipinski definition) is 1. The first-order valence-electron chi connectivity index (χ1n) is 6.73. The van der Waals surface area contributed by atoms with Crippen LogP contribution in [0.4, 0.5) is 4.39 Å². The van der Waals surface area contributed by atoms with E-state index < -0.39 is 5.82 Å². The molecule has 0 aliphatic rings. The maximum Gasteiger partial charge on any atom is 0.256 e. The van der Waals surface area contributed by atoms with E-state index in [-0.39, 0.29) is 18.1 Å². The average molecular weight is 293 g/mol. The Hall–Kier alpha value is -1.90. The summed E-state index contributed by atoms with van der Waals surface area (Å²) in [5.74, 6) is 4.59. The number of ether oxygens (including phenoxy) is 1. The van der Waals surface area contributed by atoms with Gasteiger partial charge in [-0.15, -0.1) is 0 Å². The molecule has 1 amide bonds. The molecule has 21 heavy (non-hydrogen) atoms. The van der Waals surface area contributed by atoms with Gasteiger partial charge in [0, 0.05) is 39.3 Å². The van der Waals surface area contributed by atoms with Crippen molar-refractivity contribution in [3.63, 3.8) is 0 Å². The molecule has 0 atom stereocenters. The molecule has 0 heterocycles. The van der Waals surface area contributed by atoms with Crippen LogP contribution in [-0.2, 0) is 4.74 Å². The van der Waals surface area contributed by atoms with E-state index in [1.807, 2.05) is 0 Å². The lowest BCUT2D eigenvalue weighted by atomic mass is 10.1. The lowest BCUT2D eigenvalue weighted by molar-refractivity contribution is 0.0774. The van der Waals surface area contributed by atoms with Crippen molar-refractivity contribution in [2.45, 2.75) is 12.8 Å². The number of halogens is 1. The van der Waals surface area contributed by atoms with E-state index in [0.717, 1.165) is 0 Å². The summed E-state index contributed by atoms with van der Waals surface area (Å²) in [5, 5.41) is 8.67. The fraction of sp³-hybridized carbons (Fsp3) is 0.438. The molecule has 0 aliphatic carbocycles. The highest BCUT2D eigenvalue weighted by Crippen LogP contribution is 2.12. The van der Waals surface area contributed by atoms with Gasteiger partial charge in [-0.1, -0.05) is 11.8 Å². The van der Waals surface area contributed by atoms with Gasteiger partial charge in [0.15, 0.2) is 0 Å². The lowest BCUT2D eigenvalue weighted by Gasteiger charge is -2.17. The summed E-state index contributed by atoms with van der Waals surface area (Å²) in [6, 6.07) is 4.19. The molecule has 1 N–H and O–H groups in total. The highest BCUT2D eigenvalue weighted by molar-refractivity contribution is 5.94. The van der Waals surface area contributed by atoms with E-state index >= 15 is 0 Å². The first-order chi connectivity index (χ1) is 10.1. The molecule has 0 saturated heterocycles. The molecular formula is C16H20FNO3. The number of amides is 1. The number of aliphatic hydroxyl groups excluding tert-OH is 1. The molecule has 0 aliphatic heterocycles. The number of methoxy groups -OCH3 is 1. The average Bonchev–Trinajstić information content (AvgIpc) is 2.48. The molecule has 0 spiro atoms. The van der Waals surface area contributed by atoms with Gasteiger partial charge in [-0.05, 0) is 24.6 Å². The first-order valence-corrected chi connectivity index (χ1v) is 6.73. The van der Waals surface area contributed by atoms with E-state index in [1.54, 1.807) is 14.2 Å². The minimum absolute atomic E-state index is 0.00529. The third kappa shape index (κ3) is 5.54. The molecule has 1 aromatic rings. The van der Waals surface area contributed by atoms with Crippen LogP contribution in [0.5, 0.6) is 0 Å². The minimum atomic E-state index is -0.564. The molecule has 0 unspecified atom stereocenters. The van der Waals surface area contributed by atoms with Gasteiger partial charge in [0.2, 0.25) is 0 Å². The van der Waals surface area contributed by atoms with E-state index in [4.69, 9.17) is 9.84 Å². The number of hydrogen-bond acceptors (Lipinski definition) is 3. The Morgan fingerprint density at radius 2 is 2.24 bits per heavy atom. The Morgan fingerprint density at radius 1 is 1.48 bits per heavy atom. The smallest absolute Gasteiger partial charge is 0.256 e. The van der Waals surface area contributed by atoms with Crippen molar-refractivity contribution in [3.05, 3.63) is 35.1 Å². The third-order valence-electron chi connectivity index (χ3n) is 2.85. The predicted molar refractivity (Wildman–Crippen MR) is 78.4 cm³/mol. The zero-order valence-electron chi connectivity index (χ0n) is 12.4. The predicted octanol–water partition coefficient (Wildman–Crippen LogP) is 1.67. The fourth-order valence-corrected chi connectivity index (χ4v) is 1.74. The highest BCUT2D eigenvalue weighted by atomic mass is 19.1. The molecule has 114 valence electrons. The molecule has 0 radical (unpaired) electrons. The van der Waals surface area contributed by atoms with Crippen LogP contribution in [0.25, 0.3) is 0 Å². The number of nitrogens with zero attached hydrogens (tertiary/aromatic N) is 1. The van der Waals surface area contributed by atoms with Crippen LogP contribution >= 0.6 is 0 Å². The van der Waals surface area contributed by atoms with E-state index in [1.165, 1.54) is 23.1 Å². The molecule has 0 bridgehead atoms. The van der Waals surface area contributed by atoms with Crippen LogP contribution < -0.4 is 0 Å². The van der Waals surface area contributed by atoms with E-state index in [9.17, 15) is 9.18 Å². The van der Waals surface area contributed by atoms with Crippen LogP contribution in [0.1, 0.15) is 28.8 Å². The van der Waals surface area contributed by atoms with Gasteiger partial charge in [0.05, 0.1) is 12.2 Å². The van der Waals surface area contributed by atoms with Crippen molar-refractivity contribution >= 4 is 5.91 Å². The summed E-state index contributed by atoms with van der Waals surface area (Å²) in [6.45, 7) is 1.02. The van der Waals surface area contributed by atoms with Gasteiger partial charge >= 0.3 is 0 Å². The Bertz CT molecular complexity index is 534. The number of benzene rings is 1. The Labute approximate surface area is 124 Å². The second kappa shape index (κ2) is 9.11. The molecule has 4 nitrogen and oxygen atoms in total. The summed E-state index contributed by atoms with van der Waals surface area (Å²) in [4.78, 5) is 13.7. The fourth-order valence-electron chi connectivity index (χ4n) is 1.74. The summed E-state index contributed by atoms with van der Waals surface area (Å²) >= 11 is 0.